The van der Waals surface area contributed by atoms with E-state index in [0.717, 1.165) is 4.90 Å². The van der Waals surface area contributed by atoms with Crippen LogP contribution >= 0.6 is 0 Å². The molecule has 168 valence electrons. The summed E-state index contributed by atoms with van der Waals surface area (Å²) in [5, 5.41) is 42.5. The van der Waals surface area contributed by atoms with E-state index in [0.29, 0.717) is 22.0 Å². The minimum atomic E-state index is -2.16. The zero-order chi connectivity index (χ0) is 23.2. The van der Waals surface area contributed by atoms with E-state index in [1.807, 2.05) is 0 Å². The van der Waals surface area contributed by atoms with Gasteiger partial charge in [-0.05, 0) is 29.3 Å². The molecule has 1 aromatic heterocycles. The standard InChI is InChI=1S/C22H23N4O6/c1-24-17(10-14-12-23-15-7-5-8-16(19(14)15)26(31)32)20(28)25(2)22(30,21(24)29)11-13-6-3-4-9-18(13)27/h3-9,12,17,23,27,30-31H,10-11H2,1-2H3/q-1/t17-,22-/m0/s1. The van der Waals surface area contributed by atoms with Crippen molar-refractivity contribution in [3.63, 3.8) is 0 Å². The van der Waals surface area contributed by atoms with Crippen molar-refractivity contribution in [1.29, 1.82) is 0 Å². The first-order chi connectivity index (χ1) is 15.1. The molecule has 10 heteroatoms. The normalized spacial score (nSPS) is 21.5. The number of fused-ring (bicyclic) bond motifs is 1. The number of aromatic nitrogens is 1. The van der Waals surface area contributed by atoms with Gasteiger partial charge in [-0.3, -0.25) is 14.8 Å². The Morgan fingerprint density at radius 2 is 1.84 bits per heavy atom. The summed E-state index contributed by atoms with van der Waals surface area (Å²) < 4.78 is 0. The van der Waals surface area contributed by atoms with Gasteiger partial charge in [-0.2, -0.15) is 0 Å². The van der Waals surface area contributed by atoms with E-state index in [4.69, 9.17) is 0 Å². The van der Waals surface area contributed by atoms with Crippen molar-refractivity contribution in [2.75, 3.05) is 19.3 Å². The van der Waals surface area contributed by atoms with Crippen LogP contribution in [0, 0.1) is 5.21 Å². The quantitative estimate of drug-likeness (QED) is 0.439. The van der Waals surface area contributed by atoms with Crippen LogP contribution in [0.4, 0.5) is 5.69 Å². The molecule has 4 N–H and O–H groups in total. The molecule has 2 aromatic carbocycles. The lowest BCUT2D eigenvalue weighted by atomic mass is 9.92. The fourth-order valence-corrected chi connectivity index (χ4v) is 4.25. The number of carbonyl (C=O) groups is 2. The molecule has 2 amide bonds. The molecule has 0 spiro atoms. The van der Waals surface area contributed by atoms with E-state index < -0.39 is 23.6 Å². The Bertz CT molecular complexity index is 1190. The van der Waals surface area contributed by atoms with Gasteiger partial charge in [0.2, 0.25) is 11.6 Å². The number of benzene rings is 2. The average molecular weight is 439 g/mol. The predicted octanol–water partition coefficient (Wildman–Crippen LogP) is 1.34. The molecule has 0 radical (unpaired) electrons. The second-order valence-electron chi connectivity index (χ2n) is 7.94. The summed E-state index contributed by atoms with van der Waals surface area (Å²) in [5.41, 5.74) is -0.671. The van der Waals surface area contributed by atoms with Crippen molar-refractivity contribution in [3.8, 4) is 5.75 Å². The number of para-hydroxylation sites is 1. The summed E-state index contributed by atoms with van der Waals surface area (Å²) in [7, 11) is 2.77. The van der Waals surface area contributed by atoms with Gasteiger partial charge >= 0.3 is 0 Å². The average Bonchev–Trinajstić information content (AvgIpc) is 3.19. The lowest BCUT2D eigenvalue weighted by Gasteiger charge is -2.47. The zero-order valence-corrected chi connectivity index (χ0v) is 17.5. The molecule has 0 bridgehead atoms. The molecule has 0 saturated carbocycles. The number of rotatable bonds is 5. The van der Waals surface area contributed by atoms with Crippen molar-refractivity contribution < 1.29 is 25.0 Å². The first kappa shape index (κ1) is 21.6. The van der Waals surface area contributed by atoms with Crippen LogP contribution < -0.4 is 5.23 Å². The number of amides is 2. The molecule has 2 atom stereocenters. The number of likely N-dealkylation sites (N-methyl/N-ethyl adjacent to an activating group) is 2. The number of carbonyl (C=O) groups excluding carboxylic acids is 2. The number of H-pyrrole nitrogens is 1. The van der Waals surface area contributed by atoms with Gasteiger partial charge in [0.1, 0.15) is 11.8 Å². The van der Waals surface area contributed by atoms with E-state index in [-0.39, 0.29) is 29.5 Å². The van der Waals surface area contributed by atoms with Crippen molar-refractivity contribution in [3.05, 3.63) is 65.0 Å². The molecule has 2 heterocycles. The maximum Gasteiger partial charge on any atom is 0.276 e. The molecule has 10 nitrogen and oxygen atoms in total. The van der Waals surface area contributed by atoms with E-state index in [9.17, 15) is 30.2 Å². The van der Waals surface area contributed by atoms with Crippen molar-refractivity contribution in [2.45, 2.75) is 24.6 Å². The number of aromatic amines is 1. The Labute approximate surface area is 183 Å². The van der Waals surface area contributed by atoms with Gasteiger partial charge in [-0.15, -0.1) is 0 Å². The smallest absolute Gasteiger partial charge is 0.276 e. The Morgan fingerprint density at radius 1 is 1.12 bits per heavy atom. The Balaban J connectivity index is 1.66. The molecule has 32 heavy (non-hydrogen) atoms. The number of nitrogens with zero attached hydrogens (tertiary/aromatic N) is 3. The van der Waals surface area contributed by atoms with Crippen LogP contribution in [0.2, 0.25) is 0 Å². The van der Waals surface area contributed by atoms with Gasteiger partial charge in [0, 0.05) is 44.0 Å². The van der Waals surface area contributed by atoms with E-state index >= 15 is 0 Å². The maximum absolute atomic E-state index is 13.2. The molecule has 1 fully saturated rings. The van der Waals surface area contributed by atoms with Crippen LogP contribution in [0.5, 0.6) is 5.75 Å². The number of hydrogen-bond donors (Lipinski definition) is 4. The van der Waals surface area contributed by atoms with Crippen LogP contribution in [0.25, 0.3) is 10.9 Å². The maximum atomic E-state index is 13.2. The summed E-state index contributed by atoms with van der Waals surface area (Å²) in [6.45, 7) is 0. The number of aliphatic hydroxyl groups is 1. The Hall–Kier alpha value is -3.60. The predicted molar refractivity (Wildman–Crippen MR) is 116 cm³/mol. The monoisotopic (exact) mass is 439 g/mol. The second-order valence-corrected chi connectivity index (χ2v) is 7.94. The third-order valence-corrected chi connectivity index (χ3v) is 6.11. The number of aromatic hydroxyl groups is 1. The van der Waals surface area contributed by atoms with Crippen molar-refractivity contribution in [2.24, 2.45) is 0 Å². The highest BCUT2D eigenvalue weighted by molar-refractivity contribution is 6.00. The SMILES string of the molecule is CN1C(=O)[C@@](O)(Cc2ccccc2O)N(C)C(=O)[C@@H]1Cc1c[nH]c2cccc(N([O-])O)c12. The Kier molecular flexibility index (Phi) is 5.29. The highest BCUT2D eigenvalue weighted by atomic mass is 16.8. The van der Waals surface area contributed by atoms with Crippen molar-refractivity contribution >= 4 is 28.4 Å². The number of phenols is 1. The molecule has 4 rings (SSSR count). The van der Waals surface area contributed by atoms with Gasteiger partial charge in [-0.1, -0.05) is 24.3 Å². The minimum Gasteiger partial charge on any atom is -0.733 e. The fourth-order valence-electron chi connectivity index (χ4n) is 4.25. The van der Waals surface area contributed by atoms with Gasteiger partial charge in [0.05, 0.1) is 5.69 Å². The highest BCUT2D eigenvalue weighted by Gasteiger charge is 2.53. The zero-order valence-electron chi connectivity index (χ0n) is 17.5. The van der Waals surface area contributed by atoms with Crippen LogP contribution in [0.15, 0.2) is 48.7 Å². The first-order valence-corrected chi connectivity index (χ1v) is 9.94. The third kappa shape index (κ3) is 3.34. The summed E-state index contributed by atoms with van der Waals surface area (Å²) in [6.07, 6.45) is 1.40. The van der Waals surface area contributed by atoms with Gasteiger partial charge in [0.15, 0.2) is 0 Å². The number of anilines is 1. The van der Waals surface area contributed by atoms with Crippen LogP contribution in [-0.4, -0.2) is 67.9 Å². The van der Waals surface area contributed by atoms with Crippen LogP contribution in [-0.2, 0) is 22.4 Å². The molecule has 3 aromatic rings. The number of piperazine rings is 1. The number of phenolic OH excluding ortho intramolecular Hbond substituents is 1. The number of hydrogen-bond acceptors (Lipinski definition) is 7. The first-order valence-electron chi connectivity index (χ1n) is 9.94. The van der Waals surface area contributed by atoms with E-state index in [1.165, 1.54) is 31.1 Å². The summed E-state index contributed by atoms with van der Waals surface area (Å²) in [4.78, 5) is 31.6. The second kappa shape index (κ2) is 7.83. The Morgan fingerprint density at radius 3 is 2.53 bits per heavy atom. The van der Waals surface area contributed by atoms with Crippen molar-refractivity contribution in [1.82, 2.24) is 14.8 Å². The molecule has 1 saturated heterocycles. The van der Waals surface area contributed by atoms with Gasteiger partial charge < -0.3 is 35.4 Å². The van der Waals surface area contributed by atoms with E-state index in [1.54, 1.807) is 36.5 Å². The molecular formula is C22H23N4O6-. The van der Waals surface area contributed by atoms with Crippen LogP contribution in [0.1, 0.15) is 11.1 Å². The lowest BCUT2D eigenvalue weighted by molar-refractivity contribution is -0.194. The highest BCUT2D eigenvalue weighted by Crippen LogP contribution is 2.34. The largest absolute Gasteiger partial charge is 0.733 e. The third-order valence-electron chi connectivity index (χ3n) is 6.11. The van der Waals surface area contributed by atoms with Crippen LogP contribution in [0.3, 0.4) is 0 Å². The fraction of sp³-hybridized carbons (Fsp3) is 0.273. The molecular weight excluding hydrogens is 416 g/mol. The van der Waals surface area contributed by atoms with E-state index in [2.05, 4.69) is 4.98 Å². The molecule has 0 unspecified atom stereocenters. The van der Waals surface area contributed by atoms with Gasteiger partial charge in [0.25, 0.3) is 5.91 Å². The summed E-state index contributed by atoms with van der Waals surface area (Å²) in [6, 6.07) is 10.1. The summed E-state index contributed by atoms with van der Waals surface area (Å²) >= 11 is 0. The molecule has 0 aliphatic carbocycles. The molecule has 1 aliphatic rings. The summed E-state index contributed by atoms with van der Waals surface area (Å²) in [5.74, 6) is -1.28. The minimum absolute atomic E-state index is 0.0143. The number of nitrogens with one attached hydrogen (secondary N) is 1. The van der Waals surface area contributed by atoms with Gasteiger partial charge in [-0.25, -0.2) is 0 Å². The molecule has 1 aliphatic heterocycles. The lowest BCUT2D eigenvalue weighted by Crippen LogP contribution is -2.70. The topological polar surface area (TPSA) is 143 Å².